The van der Waals surface area contributed by atoms with Gasteiger partial charge in [0.1, 0.15) is 16.9 Å². The Hall–Kier alpha value is -3.91. The summed E-state index contributed by atoms with van der Waals surface area (Å²) >= 11 is 0. The molecule has 0 spiro atoms. The SMILES string of the molecule is CCOc1ccc(N(C(=O)c2cc3ccccc3oc2=O)S(=O)(=O)c2ccccc2)cc1. The van der Waals surface area contributed by atoms with Crippen LogP contribution in [0.1, 0.15) is 17.3 Å². The van der Waals surface area contributed by atoms with E-state index in [1.54, 1.807) is 54.6 Å². The summed E-state index contributed by atoms with van der Waals surface area (Å²) in [6, 6.07) is 21.6. The molecule has 0 aliphatic heterocycles. The Labute approximate surface area is 184 Å². The van der Waals surface area contributed by atoms with E-state index >= 15 is 0 Å². The average molecular weight is 449 g/mol. The van der Waals surface area contributed by atoms with Crippen molar-refractivity contribution in [1.82, 2.24) is 0 Å². The van der Waals surface area contributed by atoms with Crippen molar-refractivity contribution in [2.45, 2.75) is 11.8 Å². The second-order valence-electron chi connectivity index (χ2n) is 6.80. The van der Waals surface area contributed by atoms with E-state index < -0.39 is 27.1 Å². The van der Waals surface area contributed by atoms with Gasteiger partial charge in [-0.3, -0.25) is 4.79 Å². The lowest BCUT2D eigenvalue weighted by atomic mass is 10.1. The summed E-state index contributed by atoms with van der Waals surface area (Å²) in [5.74, 6) is -0.497. The second-order valence-corrected chi connectivity index (χ2v) is 8.59. The summed E-state index contributed by atoms with van der Waals surface area (Å²) < 4.78 is 38.2. The largest absolute Gasteiger partial charge is 0.494 e. The summed E-state index contributed by atoms with van der Waals surface area (Å²) in [6.45, 7) is 2.26. The van der Waals surface area contributed by atoms with Crippen LogP contribution in [0.5, 0.6) is 5.75 Å². The number of nitrogens with zero attached hydrogens (tertiary/aromatic N) is 1. The standard InChI is InChI=1S/C24H19NO6S/c1-2-30-19-14-12-18(13-15-19)25(32(28,29)20-9-4-3-5-10-20)23(26)21-16-17-8-6-7-11-22(17)31-24(21)27/h3-16H,2H2,1H3. The van der Waals surface area contributed by atoms with Gasteiger partial charge in [-0.05, 0) is 55.5 Å². The number of sulfonamides is 1. The lowest BCUT2D eigenvalue weighted by Gasteiger charge is -2.22. The Kier molecular flexibility index (Phi) is 5.79. The van der Waals surface area contributed by atoms with Gasteiger partial charge in [-0.15, -0.1) is 0 Å². The minimum absolute atomic E-state index is 0.0647. The molecule has 4 rings (SSSR count). The molecular formula is C24H19NO6S. The van der Waals surface area contributed by atoms with Gasteiger partial charge in [-0.25, -0.2) is 13.2 Å². The number of ether oxygens (including phenoxy) is 1. The third kappa shape index (κ3) is 4.00. The normalized spacial score (nSPS) is 11.3. The Bertz CT molecular complexity index is 1430. The smallest absolute Gasteiger partial charge is 0.349 e. The molecule has 0 atom stereocenters. The first-order valence-corrected chi connectivity index (χ1v) is 11.3. The van der Waals surface area contributed by atoms with Crippen molar-refractivity contribution < 1.29 is 22.4 Å². The zero-order valence-electron chi connectivity index (χ0n) is 17.1. The molecule has 32 heavy (non-hydrogen) atoms. The molecule has 1 amide bonds. The molecule has 0 unspecified atom stereocenters. The predicted molar refractivity (Wildman–Crippen MR) is 121 cm³/mol. The maximum Gasteiger partial charge on any atom is 0.349 e. The molecule has 8 heteroatoms. The lowest BCUT2D eigenvalue weighted by molar-refractivity contribution is 0.100. The summed E-state index contributed by atoms with van der Waals surface area (Å²) in [4.78, 5) is 26.0. The molecule has 4 aromatic rings. The van der Waals surface area contributed by atoms with Crippen LogP contribution in [0.25, 0.3) is 11.0 Å². The Morgan fingerprint density at radius 1 is 0.938 bits per heavy atom. The van der Waals surface area contributed by atoms with Gasteiger partial charge in [0.25, 0.3) is 15.9 Å². The molecule has 162 valence electrons. The summed E-state index contributed by atoms with van der Waals surface area (Å²) in [5.41, 5.74) is -0.951. The number of amides is 1. The molecule has 0 aliphatic rings. The van der Waals surface area contributed by atoms with Crippen molar-refractivity contribution in [2.24, 2.45) is 0 Å². The van der Waals surface area contributed by atoms with Gasteiger partial charge < -0.3 is 9.15 Å². The summed E-state index contributed by atoms with van der Waals surface area (Å²) in [5, 5.41) is 0.499. The molecule has 1 aromatic heterocycles. The van der Waals surface area contributed by atoms with Gasteiger partial charge in [0.05, 0.1) is 17.2 Å². The van der Waals surface area contributed by atoms with E-state index in [1.165, 1.54) is 30.3 Å². The number of anilines is 1. The lowest BCUT2D eigenvalue weighted by Crippen LogP contribution is -2.39. The molecular weight excluding hydrogens is 430 g/mol. The number of hydrogen-bond acceptors (Lipinski definition) is 6. The van der Waals surface area contributed by atoms with Gasteiger partial charge in [0.15, 0.2) is 0 Å². The molecule has 7 nitrogen and oxygen atoms in total. The molecule has 0 saturated carbocycles. The van der Waals surface area contributed by atoms with Crippen molar-refractivity contribution in [1.29, 1.82) is 0 Å². The van der Waals surface area contributed by atoms with Gasteiger partial charge in [-0.1, -0.05) is 36.4 Å². The van der Waals surface area contributed by atoms with Crippen LogP contribution in [-0.2, 0) is 10.0 Å². The van der Waals surface area contributed by atoms with Crippen molar-refractivity contribution in [3.8, 4) is 5.75 Å². The van der Waals surface area contributed by atoms with Crippen LogP contribution in [0.3, 0.4) is 0 Å². The zero-order valence-corrected chi connectivity index (χ0v) is 17.9. The highest BCUT2D eigenvalue weighted by molar-refractivity contribution is 7.93. The molecule has 0 N–H and O–H groups in total. The van der Waals surface area contributed by atoms with Crippen LogP contribution in [0.4, 0.5) is 5.69 Å². The molecule has 0 radical (unpaired) electrons. The molecule has 0 fully saturated rings. The van der Waals surface area contributed by atoms with Gasteiger partial charge in [0, 0.05) is 5.39 Å². The molecule has 3 aromatic carbocycles. The van der Waals surface area contributed by atoms with Crippen molar-refractivity contribution >= 4 is 32.6 Å². The Morgan fingerprint density at radius 2 is 1.59 bits per heavy atom. The number of carbonyl (C=O) groups is 1. The number of para-hydroxylation sites is 1. The molecule has 0 bridgehead atoms. The van der Waals surface area contributed by atoms with Crippen LogP contribution < -0.4 is 14.7 Å². The van der Waals surface area contributed by atoms with Crippen LogP contribution in [-0.4, -0.2) is 20.9 Å². The van der Waals surface area contributed by atoms with Crippen molar-refractivity contribution in [3.63, 3.8) is 0 Å². The van der Waals surface area contributed by atoms with Crippen molar-refractivity contribution in [3.05, 3.63) is 101 Å². The van der Waals surface area contributed by atoms with E-state index in [1.807, 2.05) is 6.92 Å². The first kappa shape index (κ1) is 21.3. The molecule has 1 heterocycles. The van der Waals surface area contributed by atoms with E-state index in [9.17, 15) is 18.0 Å². The highest BCUT2D eigenvalue weighted by Crippen LogP contribution is 2.28. The van der Waals surface area contributed by atoms with Gasteiger partial charge >= 0.3 is 5.63 Å². The van der Waals surface area contributed by atoms with Crippen molar-refractivity contribution in [2.75, 3.05) is 10.9 Å². The fraction of sp³-hybridized carbons (Fsp3) is 0.0833. The summed E-state index contributed by atoms with van der Waals surface area (Å²) in [6.07, 6.45) is 0. The average Bonchev–Trinajstić information content (AvgIpc) is 2.80. The number of carbonyl (C=O) groups excluding carboxylic acids is 1. The number of fused-ring (bicyclic) bond motifs is 1. The topological polar surface area (TPSA) is 93.9 Å². The minimum Gasteiger partial charge on any atom is -0.494 e. The fourth-order valence-electron chi connectivity index (χ4n) is 3.23. The Morgan fingerprint density at radius 3 is 2.28 bits per heavy atom. The minimum atomic E-state index is -4.33. The number of hydrogen-bond donors (Lipinski definition) is 0. The Balaban J connectivity index is 1.88. The van der Waals surface area contributed by atoms with Gasteiger partial charge in [0.2, 0.25) is 0 Å². The maximum absolute atomic E-state index is 13.5. The van der Waals surface area contributed by atoms with Crippen LogP contribution >= 0.6 is 0 Å². The van der Waals surface area contributed by atoms with E-state index in [2.05, 4.69) is 0 Å². The first-order chi connectivity index (χ1) is 15.4. The third-order valence-electron chi connectivity index (χ3n) is 4.72. The number of benzene rings is 3. The third-order valence-corrected chi connectivity index (χ3v) is 6.45. The quantitative estimate of drug-likeness (QED) is 0.409. The second kappa shape index (κ2) is 8.68. The van der Waals surface area contributed by atoms with Gasteiger partial charge in [-0.2, -0.15) is 4.31 Å². The maximum atomic E-state index is 13.5. The highest BCUT2D eigenvalue weighted by Gasteiger charge is 2.33. The number of rotatable bonds is 6. The van der Waals surface area contributed by atoms with E-state index in [0.717, 1.165) is 0 Å². The highest BCUT2D eigenvalue weighted by atomic mass is 32.2. The predicted octanol–water partition coefficient (Wildman–Crippen LogP) is 4.23. The van der Waals surface area contributed by atoms with E-state index in [0.29, 0.717) is 27.6 Å². The zero-order chi connectivity index (χ0) is 22.7. The van der Waals surface area contributed by atoms with E-state index in [4.69, 9.17) is 9.15 Å². The first-order valence-electron chi connectivity index (χ1n) is 9.82. The summed E-state index contributed by atoms with van der Waals surface area (Å²) in [7, 11) is -4.33. The van der Waals surface area contributed by atoms with E-state index in [-0.39, 0.29) is 10.6 Å². The molecule has 0 aliphatic carbocycles. The monoisotopic (exact) mass is 449 g/mol. The van der Waals surface area contributed by atoms with Crippen LogP contribution in [0.2, 0.25) is 0 Å². The van der Waals surface area contributed by atoms with Crippen LogP contribution in [0, 0.1) is 0 Å². The fourth-order valence-corrected chi connectivity index (χ4v) is 4.66. The van der Waals surface area contributed by atoms with Crippen LogP contribution in [0.15, 0.2) is 99.0 Å². The molecule has 0 saturated heterocycles.